The van der Waals surface area contributed by atoms with Crippen molar-refractivity contribution >= 4 is 11.9 Å². The highest BCUT2D eigenvalue weighted by Gasteiger charge is 2.44. The first-order valence-corrected chi connectivity index (χ1v) is 9.87. The van der Waals surface area contributed by atoms with E-state index in [-0.39, 0.29) is 11.8 Å². The second kappa shape index (κ2) is 7.75. The Bertz CT molecular complexity index is 462. The van der Waals surface area contributed by atoms with E-state index in [1.54, 1.807) is 0 Å². The third-order valence-corrected chi connectivity index (χ3v) is 6.01. The second-order valence-corrected chi connectivity index (χ2v) is 8.06. The fourth-order valence-electron chi connectivity index (χ4n) is 4.43. The largest absolute Gasteiger partial charge is 0.353 e. The maximum atomic E-state index is 12.1. The fraction of sp³-hybridized carbons (Fsp3) is 0.895. The quantitative estimate of drug-likeness (QED) is 0.636. The van der Waals surface area contributed by atoms with Gasteiger partial charge in [0, 0.05) is 45.2 Å². The normalized spacial score (nSPS) is 29.1. The van der Waals surface area contributed by atoms with E-state index in [2.05, 4.69) is 15.2 Å². The topological polar surface area (TPSA) is 47.9 Å². The Morgan fingerprint density at radius 1 is 1.04 bits per heavy atom. The summed E-state index contributed by atoms with van der Waals surface area (Å²) in [5.41, 5.74) is 0. The first-order valence-electron chi connectivity index (χ1n) is 9.87. The van der Waals surface area contributed by atoms with Gasteiger partial charge in [0.25, 0.3) is 0 Å². The van der Waals surface area contributed by atoms with Crippen LogP contribution in [0.4, 0.5) is 0 Å². The molecule has 2 unspecified atom stereocenters. The fourth-order valence-corrected chi connectivity index (χ4v) is 4.43. The van der Waals surface area contributed by atoms with Gasteiger partial charge in [0.05, 0.1) is 0 Å². The van der Waals surface area contributed by atoms with E-state index >= 15 is 0 Å². The van der Waals surface area contributed by atoms with Crippen LogP contribution >= 0.6 is 0 Å². The van der Waals surface area contributed by atoms with Crippen LogP contribution in [0.15, 0.2) is 4.99 Å². The van der Waals surface area contributed by atoms with Crippen LogP contribution < -0.4 is 5.32 Å². The molecule has 0 aromatic heterocycles. The Kier molecular flexibility index (Phi) is 5.67. The molecule has 0 aromatic rings. The minimum atomic E-state index is 0.0942. The van der Waals surface area contributed by atoms with Gasteiger partial charge in [-0.25, -0.2) is 0 Å². The first-order chi connectivity index (χ1) is 11.6. The lowest BCUT2D eigenvalue weighted by Gasteiger charge is -2.37. The Balaban J connectivity index is 1.45. The number of rotatable bonds is 3. The van der Waals surface area contributed by atoms with Crippen molar-refractivity contribution < 1.29 is 4.79 Å². The zero-order valence-corrected chi connectivity index (χ0v) is 15.6. The molecule has 0 spiro atoms. The summed E-state index contributed by atoms with van der Waals surface area (Å²) < 4.78 is 0. The Morgan fingerprint density at radius 3 is 2.25 bits per heavy atom. The molecule has 1 aliphatic heterocycles. The van der Waals surface area contributed by atoms with Gasteiger partial charge >= 0.3 is 0 Å². The molecule has 0 aromatic carbocycles. The summed E-state index contributed by atoms with van der Waals surface area (Å²) in [4.78, 5) is 20.9. The number of amides is 1. The van der Waals surface area contributed by atoms with Gasteiger partial charge in [0.1, 0.15) is 0 Å². The molecule has 5 nitrogen and oxygen atoms in total. The van der Waals surface area contributed by atoms with Gasteiger partial charge < -0.3 is 15.1 Å². The van der Waals surface area contributed by atoms with Crippen LogP contribution in [0.5, 0.6) is 0 Å². The number of hydrogen-bond donors (Lipinski definition) is 1. The SMILES string of the molecule is CN=C(NC1CC1C1CCCCC1)N1CCN(C(=O)C(C)C)CC1. The van der Waals surface area contributed by atoms with Crippen LogP contribution in [-0.4, -0.2) is 60.9 Å². The Hall–Kier alpha value is -1.26. The third-order valence-electron chi connectivity index (χ3n) is 6.01. The number of guanidine groups is 1. The number of nitrogens with one attached hydrogen (secondary N) is 1. The van der Waals surface area contributed by atoms with Crippen LogP contribution in [0, 0.1) is 17.8 Å². The molecule has 3 aliphatic rings. The molecular formula is C19H34N4O. The third kappa shape index (κ3) is 4.04. The highest BCUT2D eigenvalue weighted by Crippen LogP contribution is 2.44. The summed E-state index contributed by atoms with van der Waals surface area (Å²) in [6.45, 7) is 7.36. The summed E-state index contributed by atoms with van der Waals surface area (Å²) in [5, 5.41) is 3.70. The van der Waals surface area contributed by atoms with Crippen molar-refractivity contribution in [2.75, 3.05) is 33.2 Å². The van der Waals surface area contributed by atoms with Crippen molar-refractivity contribution in [1.82, 2.24) is 15.1 Å². The van der Waals surface area contributed by atoms with E-state index in [0.717, 1.165) is 44.0 Å². The van der Waals surface area contributed by atoms with Crippen LogP contribution in [-0.2, 0) is 4.79 Å². The van der Waals surface area contributed by atoms with Crippen LogP contribution in [0.25, 0.3) is 0 Å². The zero-order valence-electron chi connectivity index (χ0n) is 15.6. The maximum Gasteiger partial charge on any atom is 0.225 e. The van der Waals surface area contributed by atoms with E-state index in [4.69, 9.17) is 0 Å². The summed E-state index contributed by atoms with van der Waals surface area (Å²) in [6.07, 6.45) is 8.45. The molecule has 136 valence electrons. The molecule has 0 radical (unpaired) electrons. The molecule has 0 bridgehead atoms. The monoisotopic (exact) mass is 334 g/mol. The predicted octanol–water partition coefficient (Wildman–Crippen LogP) is 2.33. The van der Waals surface area contributed by atoms with Gasteiger partial charge in [-0.2, -0.15) is 0 Å². The molecule has 5 heteroatoms. The van der Waals surface area contributed by atoms with Crippen LogP contribution in [0.1, 0.15) is 52.4 Å². The van der Waals surface area contributed by atoms with E-state index in [1.165, 1.54) is 38.5 Å². The van der Waals surface area contributed by atoms with Gasteiger partial charge in [-0.1, -0.05) is 46.0 Å². The van der Waals surface area contributed by atoms with Crippen molar-refractivity contribution in [2.24, 2.45) is 22.7 Å². The molecule has 1 heterocycles. The predicted molar refractivity (Wildman–Crippen MR) is 98.0 cm³/mol. The molecule has 1 amide bonds. The number of carbonyl (C=O) groups is 1. The van der Waals surface area contributed by atoms with Crippen molar-refractivity contribution in [3.63, 3.8) is 0 Å². The van der Waals surface area contributed by atoms with Gasteiger partial charge in [0.2, 0.25) is 5.91 Å². The molecular weight excluding hydrogens is 300 g/mol. The summed E-state index contributed by atoms with van der Waals surface area (Å²) >= 11 is 0. The van der Waals surface area contributed by atoms with Crippen LogP contribution in [0.2, 0.25) is 0 Å². The minimum Gasteiger partial charge on any atom is -0.353 e. The lowest BCUT2D eigenvalue weighted by Crippen LogP contribution is -2.54. The molecule has 2 atom stereocenters. The van der Waals surface area contributed by atoms with Crippen molar-refractivity contribution in [1.29, 1.82) is 0 Å². The van der Waals surface area contributed by atoms with Gasteiger partial charge in [-0.15, -0.1) is 0 Å². The van der Waals surface area contributed by atoms with Gasteiger partial charge in [-0.05, 0) is 18.3 Å². The molecule has 2 saturated carbocycles. The number of nitrogens with zero attached hydrogens (tertiary/aromatic N) is 3. The number of aliphatic imine (C=N–C) groups is 1. The van der Waals surface area contributed by atoms with Gasteiger partial charge in [0.15, 0.2) is 5.96 Å². The highest BCUT2D eigenvalue weighted by atomic mass is 16.2. The number of piperazine rings is 1. The van der Waals surface area contributed by atoms with Crippen molar-refractivity contribution in [3.05, 3.63) is 0 Å². The van der Waals surface area contributed by atoms with E-state index in [0.29, 0.717) is 6.04 Å². The van der Waals surface area contributed by atoms with Crippen LogP contribution in [0.3, 0.4) is 0 Å². The second-order valence-electron chi connectivity index (χ2n) is 8.06. The Morgan fingerprint density at radius 2 is 1.67 bits per heavy atom. The number of carbonyl (C=O) groups excluding carboxylic acids is 1. The standard InChI is InChI=1S/C19H34N4O/c1-14(2)18(24)22-9-11-23(12-10-22)19(20-3)21-17-13-16(17)15-7-5-4-6-8-15/h14-17H,4-13H2,1-3H3,(H,20,21). The minimum absolute atomic E-state index is 0.0942. The van der Waals surface area contributed by atoms with Crippen molar-refractivity contribution in [2.45, 2.75) is 58.4 Å². The smallest absolute Gasteiger partial charge is 0.225 e. The van der Waals surface area contributed by atoms with E-state index in [1.807, 2.05) is 25.8 Å². The molecule has 24 heavy (non-hydrogen) atoms. The van der Waals surface area contributed by atoms with Gasteiger partial charge in [-0.3, -0.25) is 9.79 Å². The summed E-state index contributed by atoms with van der Waals surface area (Å²) in [6, 6.07) is 0.627. The Labute approximate surface area is 146 Å². The molecule has 1 N–H and O–H groups in total. The zero-order chi connectivity index (χ0) is 17.1. The highest BCUT2D eigenvalue weighted by molar-refractivity contribution is 5.82. The van der Waals surface area contributed by atoms with Crippen molar-refractivity contribution in [3.8, 4) is 0 Å². The van der Waals surface area contributed by atoms with E-state index in [9.17, 15) is 4.79 Å². The van der Waals surface area contributed by atoms with E-state index < -0.39 is 0 Å². The summed E-state index contributed by atoms with van der Waals surface area (Å²) in [5.74, 6) is 3.21. The molecule has 3 fully saturated rings. The summed E-state index contributed by atoms with van der Waals surface area (Å²) in [7, 11) is 1.88. The molecule has 2 aliphatic carbocycles. The average molecular weight is 335 g/mol. The molecule has 1 saturated heterocycles. The lowest BCUT2D eigenvalue weighted by atomic mass is 9.85. The molecule has 3 rings (SSSR count). The maximum absolute atomic E-state index is 12.1. The average Bonchev–Trinajstić information content (AvgIpc) is 3.39. The number of hydrogen-bond acceptors (Lipinski definition) is 2. The lowest BCUT2D eigenvalue weighted by molar-refractivity contribution is -0.135. The first kappa shape index (κ1) is 17.6.